The normalized spacial score (nSPS) is 17.9. The molecule has 1 rings (SSSR count). The maximum absolute atomic E-state index is 11.7. The second-order valence-corrected chi connectivity index (χ2v) is 4.42. The van der Waals surface area contributed by atoms with E-state index >= 15 is 0 Å². The van der Waals surface area contributed by atoms with E-state index in [-0.39, 0.29) is 6.03 Å². The van der Waals surface area contributed by atoms with Crippen molar-refractivity contribution in [3.63, 3.8) is 0 Å². The number of hydrogen-bond acceptors (Lipinski definition) is 2. The van der Waals surface area contributed by atoms with E-state index in [0.717, 1.165) is 44.9 Å². The van der Waals surface area contributed by atoms with Crippen molar-refractivity contribution in [1.82, 2.24) is 15.1 Å². The molecule has 1 N–H and O–H groups in total. The van der Waals surface area contributed by atoms with Crippen LogP contribution in [0.5, 0.6) is 0 Å². The van der Waals surface area contributed by atoms with Crippen LogP contribution in [0, 0.1) is 5.92 Å². The minimum Gasteiger partial charge on any atom is -0.331 e. The molecule has 0 aromatic carbocycles. The van der Waals surface area contributed by atoms with Gasteiger partial charge in [0.1, 0.15) is 0 Å². The van der Waals surface area contributed by atoms with Gasteiger partial charge in [0.05, 0.1) is 0 Å². The predicted octanol–water partition coefficient (Wildman–Crippen LogP) is 0.990. The van der Waals surface area contributed by atoms with Gasteiger partial charge in [-0.2, -0.15) is 0 Å². The molecule has 1 aliphatic heterocycles. The summed E-state index contributed by atoms with van der Waals surface area (Å²) >= 11 is 0. The van der Waals surface area contributed by atoms with Crippen LogP contribution in [0.3, 0.4) is 0 Å². The van der Waals surface area contributed by atoms with E-state index in [1.54, 1.807) is 4.90 Å². The number of likely N-dealkylation sites (tertiary alicyclic amines) is 1. The molecule has 0 aliphatic carbocycles. The molecule has 0 aromatic rings. The lowest BCUT2D eigenvalue weighted by Gasteiger charge is -2.33. The van der Waals surface area contributed by atoms with Crippen LogP contribution >= 0.6 is 0 Å². The topological polar surface area (TPSA) is 35.6 Å². The lowest BCUT2D eigenvalue weighted by atomic mass is 9.97. The number of amides is 2. The maximum atomic E-state index is 11.7. The summed E-state index contributed by atoms with van der Waals surface area (Å²) in [5.41, 5.74) is 0. The summed E-state index contributed by atoms with van der Waals surface area (Å²) in [7, 11) is 3.63. The summed E-state index contributed by atoms with van der Waals surface area (Å²) < 4.78 is 0. The number of nitrogens with one attached hydrogen (secondary N) is 1. The van der Waals surface area contributed by atoms with Crippen molar-refractivity contribution < 1.29 is 4.79 Å². The monoisotopic (exact) mass is 213 g/mol. The number of rotatable bonds is 3. The van der Waals surface area contributed by atoms with Crippen molar-refractivity contribution in [2.45, 2.75) is 19.8 Å². The van der Waals surface area contributed by atoms with Gasteiger partial charge >= 0.3 is 6.03 Å². The van der Waals surface area contributed by atoms with Gasteiger partial charge in [-0.25, -0.2) is 4.79 Å². The van der Waals surface area contributed by atoms with Crippen LogP contribution in [0.1, 0.15) is 19.8 Å². The first-order valence-electron chi connectivity index (χ1n) is 5.82. The molecule has 1 aliphatic rings. The molecule has 4 nitrogen and oxygen atoms in total. The molecule has 0 saturated carbocycles. The molecule has 88 valence electrons. The minimum atomic E-state index is 0.150. The van der Waals surface area contributed by atoms with Gasteiger partial charge in [0.2, 0.25) is 0 Å². The molecule has 1 heterocycles. The van der Waals surface area contributed by atoms with Gasteiger partial charge in [-0.15, -0.1) is 0 Å². The van der Waals surface area contributed by atoms with E-state index in [0.29, 0.717) is 0 Å². The van der Waals surface area contributed by atoms with E-state index in [2.05, 4.69) is 12.2 Å². The highest BCUT2D eigenvalue weighted by Crippen LogP contribution is 2.16. The van der Waals surface area contributed by atoms with Gasteiger partial charge in [-0.3, -0.25) is 0 Å². The number of piperidine rings is 1. The molecule has 15 heavy (non-hydrogen) atoms. The molecule has 2 amide bonds. The van der Waals surface area contributed by atoms with Crippen molar-refractivity contribution >= 4 is 6.03 Å². The lowest BCUT2D eigenvalue weighted by Crippen LogP contribution is -2.45. The summed E-state index contributed by atoms with van der Waals surface area (Å²) in [5.74, 6) is 0.746. The zero-order valence-corrected chi connectivity index (χ0v) is 10.1. The van der Waals surface area contributed by atoms with Crippen molar-refractivity contribution in [2.24, 2.45) is 5.92 Å². The average Bonchev–Trinajstić information content (AvgIpc) is 2.26. The molecule has 0 radical (unpaired) electrons. The Bertz CT molecular complexity index is 198. The summed E-state index contributed by atoms with van der Waals surface area (Å²) in [6, 6.07) is 0.150. The molecule has 0 aromatic heterocycles. The third-order valence-corrected chi connectivity index (χ3v) is 2.95. The van der Waals surface area contributed by atoms with E-state index in [4.69, 9.17) is 0 Å². The summed E-state index contributed by atoms with van der Waals surface area (Å²) in [5, 5.41) is 3.37. The van der Waals surface area contributed by atoms with E-state index in [9.17, 15) is 4.79 Å². The molecule has 0 unspecified atom stereocenters. The molecule has 0 atom stereocenters. The van der Waals surface area contributed by atoms with Gasteiger partial charge in [0, 0.05) is 27.2 Å². The summed E-state index contributed by atoms with van der Waals surface area (Å²) in [4.78, 5) is 15.3. The summed E-state index contributed by atoms with van der Waals surface area (Å²) in [6.45, 7) is 6.09. The fourth-order valence-corrected chi connectivity index (χ4v) is 1.96. The molecule has 1 fully saturated rings. The van der Waals surface area contributed by atoms with E-state index in [1.165, 1.54) is 0 Å². The van der Waals surface area contributed by atoms with Crippen molar-refractivity contribution in [2.75, 3.05) is 40.3 Å². The fraction of sp³-hybridized carbons (Fsp3) is 0.909. The first-order valence-corrected chi connectivity index (χ1v) is 5.82. The summed E-state index contributed by atoms with van der Waals surface area (Å²) in [6.07, 6.45) is 2.26. The molecule has 4 heteroatoms. The standard InChI is InChI=1S/C11H23N3O/c1-4-12-9-10-5-7-14(8-6-10)11(15)13(2)3/h10,12H,4-9H2,1-3H3. The van der Waals surface area contributed by atoms with Crippen LogP contribution in [-0.2, 0) is 0 Å². The van der Waals surface area contributed by atoms with Gasteiger partial charge in [-0.1, -0.05) is 6.92 Å². The van der Waals surface area contributed by atoms with Crippen LogP contribution < -0.4 is 5.32 Å². The second kappa shape index (κ2) is 5.95. The zero-order chi connectivity index (χ0) is 11.3. The van der Waals surface area contributed by atoms with E-state index < -0.39 is 0 Å². The number of carbonyl (C=O) groups is 1. The highest BCUT2D eigenvalue weighted by Gasteiger charge is 2.23. The largest absolute Gasteiger partial charge is 0.331 e. The Hall–Kier alpha value is -0.770. The fourth-order valence-electron chi connectivity index (χ4n) is 1.96. The first kappa shape index (κ1) is 12.3. The number of hydrogen-bond donors (Lipinski definition) is 1. The van der Waals surface area contributed by atoms with E-state index in [1.807, 2.05) is 19.0 Å². The van der Waals surface area contributed by atoms with Crippen LogP contribution in [-0.4, -0.2) is 56.1 Å². The van der Waals surface area contributed by atoms with Gasteiger partial charge < -0.3 is 15.1 Å². The molecule has 0 bridgehead atoms. The smallest absolute Gasteiger partial charge is 0.319 e. The van der Waals surface area contributed by atoms with Crippen molar-refractivity contribution in [3.05, 3.63) is 0 Å². The van der Waals surface area contributed by atoms with Crippen molar-refractivity contribution in [1.29, 1.82) is 0 Å². The molecule has 1 saturated heterocycles. The Labute approximate surface area is 92.6 Å². The van der Waals surface area contributed by atoms with Gasteiger partial charge in [-0.05, 0) is 31.8 Å². The predicted molar refractivity (Wildman–Crippen MR) is 61.9 cm³/mol. The Morgan fingerprint density at radius 2 is 2.00 bits per heavy atom. The molecule has 0 spiro atoms. The van der Waals surface area contributed by atoms with Crippen LogP contribution in [0.4, 0.5) is 4.79 Å². The second-order valence-electron chi connectivity index (χ2n) is 4.42. The Kier molecular flexibility index (Phi) is 4.88. The lowest BCUT2D eigenvalue weighted by molar-refractivity contribution is 0.147. The Morgan fingerprint density at radius 1 is 1.40 bits per heavy atom. The Balaban J connectivity index is 2.26. The van der Waals surface area contributed by atoms with Crippen LogP contribution in [0.2, 0.25) is 0 Å². The molecular weight excluding hydrogens is 190 g/mol. The highest BCUT2D eigenvalue weighted by molar-refractivity contribution is 5.73. The zero-order valence-electron chi connectivity index (χ0n) is 10.1. The van der Waals surface area contributed by atoms with Gasteiger partial charge in [0.25, 0.3) is 0 Å². The first-order chi connectivity index (χ1) is 7.15. The van der Waals surface area contributed by atoms with Gasteiger partial charge in [0.15, 0.2) is 0 Å². The SMILES string of the molecule is CCNCC1CCN(C(=O)N(C)C)CC1. The Morgan fingerprint density at radius 3 is 2.47 bits per heavy atom. The van der Waals surface area contributed by atoms with Crippen LogP contribution in [0.25, 0.3) is 0 Å². The average molecular weight is 213 g/mol. The number of carbonyl (C=O) groups excluding carboxylic acids is 1. The quantitative estimate of drug-likeness (QED) is 0.759. The minimum absolute atomic E-state index is 0.150. The highest BCUT2D eigenvalue weighted by atomic mass is 16.2. The maximum Gasteiger partial charge on any atom is 0.319 e. The van der Waals surface area contributed by atoms with Crippen LogP contribution in [0.15, 0.2) is 0 Å². The van der Waals surface area contributed by atoms with Crippen molar-refractivity contribution in [3.8, 4) is 0 Å². The molecular formula is C11H23N3O. The third-order valence-electron chi connectivity index (χ3n) is 2.95. The number of urea groups is 1. The number of nitrogens with zero attached hydrogens (tertiary/aromatic N) is 2. The third kappa shape index (κ3) is 3.70.